The lowest BCUT2D eigenvalue weighted by Crippen LogP contribution is -2.41. The van der Waals surface area contributed by atoms with Gasteiger partial charge in [-0.1, -0.05) is 34.6 Å². The SMILES string of the molecule is CCN1c2c(cc(C3=C(O)/C(=c4/cc5c(c6cc[nH]c46)=[N+](CC)C(C)C5(C)CC(C)C)C3O)c3[nH]ccc23)C(C)(CC(C)C)C1C. The number of aliphatic hydroxyl groups is 2. The Bertz CT molecular complexity index is 2040. The van der Waals surface area contributed by atoms with E-state index in [0.717, 1.165) is 58.5 Å². The predicted molar refractivity (Wildman–Crippen MR) is 192 cm³/mol. The molecule has 0 amide bonds. The number of hydrogen-bond donors (Lipinski definition) is 4. The third-order valence-corrected chi connectivity index (χ3v) is 12.2. The number of nitrogens with zero attached hydrogens (tertiary/aromatic N) is 2. The van der Waals surface area contributed by atoms with Crippen molar-refractivity contribution < 1.29 is 10.2 Å². The zero-order chi connectivity index (χ0) is 33.0. The Hall–Kier alpha value is -3.51. The van der Waals surface area contributed by atoms with Gasteiger partial charge < -0.3 is 25.1 Å². The highest BCUT2D eigenvalue weighted by Crippen LogP contribution is 2.54. The van der Waals surface area contributed by atoms with Crippen molar-refractivity contribution in [2.75, 3.05) is 18.0 Å². The highest BCUT2D eigenvalue weighted by molar-refractivity contribution is 6.09. The lowest BCUT2D eigenvalue weighted by atomic mass is 9.71. The number of fused-ring (bicyclic) bond motifs is 6. The fourth-order valence-electron chi connectivity index (χ4n) is 10.0. The fourth-order valence-corrected chi connectivity index (χ4v) is 10.0. The van der Waals surface area contributed by atoms with Gasteiger partial charge in [-0.3, -0.25) is 0 Å². The van der Waals surface area contributed by atoms with E-state index in [0.29, 0.717) is 35.1 Å². The van der Waals surface area contributed by atoms with Crippen LogP contribution in [0.1, 0.15) is 98.8 Å². The second-order valence-corrected chi connectivity index (χ2v) is 15.7. The highest BCUT2D eigenvalue weighted by atomic mass is 16.3. The molecule has 0 saturated carbocycles. The molecule has 6 heteroatoms. The van der Waals surface area contributed by atoms with Crippen molar-refractivity contribution in [1.29, 1.82) is 0 Å². The van der Waals surface area contributed by atoms with Gasteiger partial charge in [0.25, 0.3) is 0 Å². The van der Waals surface area contributed by atoms with Crippen LogP contribution in [0, 0.1) is 11.8 Å². The van der Waals surface area contributed by atoms with Crippen LogP contribution < -0.4 is 20.1 Å². The van der Waals surface area contributed by atoms with Gasteiger partial charge in [-0.15, -0.1) is 0 Å². The lowest BCUT2D eigenvalue weighted by molar-refractivity contribution is 0.256. The highest BCUT2D eigenvalue weighted by Gasteiger charge is 2.50. The molecule has 0 fully saturated rings. The Labute approximate surface area is 273 Å². The predicted octanol–water partition coefficient (Wildman–Crippen LogP) is 6.89. The number of anilines is 1. The molecule has 0 saturated heterocycles. The molecule has 2 aliphatic heterocycles. The van der Waals surface area contributed by atoms with E-state index in [-0.39, 0.29) is 16.6 Å². The number of H-pyrrole nitrogens is 2. The molecule has 0 radical (unpaired) electrons. The number of aromatic amines is 2. The number of rotatable bonds is 7. The molecule has 5 unspecified atom stereocenters. The second-order valence-electron chi connectivity index (χ2n) is 15.7. The first-order chi connectivity index (χ1) is 21.8. The van der Waals surface area contributed by atoms with Gasteiger partial charge in [0.1, 0.15) is 18.4 Å². The van der Waals surface area contributed by atoms with Gasteiger partial charge in [0, 0.05) is 63.3 Å². The first-order valence-electron chi connectivity index (χ1n) is 17.6. The van der Waals surface area contributed by atoms with Crippen molar-refractivity contribution in [2.24, 2.45) is 11.8 Å². The third kappa shape index (κ3) is 3.95. The molecule has 1 aliphatic carbocycles. The summed E-state index contributed by atoms with van der Waals surface area (Å²) in [4.78, 5) is 9.53. The van der Waals surface area contributed by atoms with E-state index in [1.54, 1.807) is 0 Å². The minimum absolute atomic E-state index is 0.0454. The first kappa shape index (κ1) is 31.1. The molecule has 244 valence electrons. The molecule has 4 heterocycles. The summed E-state index contributed by atoms with van der Waals surface area (Å²) in [6, 6.07) is 9.58. The summed E-state index contributed by atoms with van der Waals surface area (Å²) in [5.41, 5.74) is 7.95. The van der Waals surface area contributed by atoms with Crippen LogP contribution in [0.5, 0.6) is 0 Å². The molecular formula is C40H53N4O2+. The van der Waals surface area contributed by atoms with E-state index in [2.05, 4.69) is 113 Å². The number of hydrogen-bond acceptors (Lipinski definition) is 3. The maximum atomic E-state index is 12.1. The van der Waals surface area contributed by atoms with Crippen LogP contribution in [0.2, 0.25) is 0 Å². The van der Waals surface area contributed by atoms with E-state index in [4.69, 9.17) is 0 Å². The molecule has 46 heavy (non-hydrogen) atoms. The molecule has 4 aromatic rings. The maximum absolute atomic E-state index is 12.1. The molecule has 2 aromatic carbocycles. The summed E-state index contributed by atoms with van der Waals surface area (Å²) in [5.74, 6) is 1.28. The Kier molecular flexibility index (Phi) is 7.10. The number of likely N-dealkylation sites (N-methyl/N-ethyl adjacent to an activating group) is 2. The number of nitrogens with one attached hydrogen (secondary N) is 2. The summed E-state index contributed by atoms with van der Waals surface area (Å²) in [7, 11) is 0. The van der Waals surface area contributed by atoms with Gasteiger partial charge in [-0.25, -0.2) is 4.58 Å². The van der Waals surface area contributed by atoms with E-state index in [1.807, 2.05) is 12.4 Å². The number of benzene rings is 2. The van der Waals surface area contributed by atoms with Gasteiger partial charge in [0.05, 0.1) is 27.5 Å². The van der Waals surface area contributed by atoms with E-state index < -0.39 is 6.10 Å². The fraction of sp³-hybridized carbons (Fsp3) is 0.525. The Morgan fingerprint density at radius 2 is 1.50 bits per heavy atom. The van der Waals surface area contributed by atoms with Crippen LogP contribution in [-0.2, 0) is 10.8 Å². The Balaban J connectivity index is 1.49. The Morgan fingerprint density at radius 1 is 0.870 bits per heavy atom. The van der Waals surface area contributed by atoms with Crippen molar-refractivity contribution in [2.45, 2.75) is 111 Å². The van der Waals surface area contributed by atoms with Crippen LogP contribution in [-0.4, -0.2) is 51.5 Å². The molecule has 0 bridgehead atoms. The van der Waals surface area contributed by atoms with Gasteiger partial charge >= 0.3 is 0 Å². The van der Waals surface area contributed by atoms with Crippen molar-refractivity contribution >= 4 is 38.6 Å². The van der Waals surface area contributed by atoms with Crippen LogP contribution >= 0.6 is 0 Å². The van der Waals surface area contributed by atoms with Gasteiger partial charge in [0.15, 0.2) is 6.04 Å². The molecule has 5 atom stereocenters. The zero-order valence-corrected chi connectivity index (χ0v) is 29.5. The minimum Gasteiger partial charge on any atom is -0.507 e. The molecule has 6 nitrogen and oxygen atoms in total. The maximum Gasteiger partial charge on any atom is 0.213 e. The quantitative estimate of drug-likeness (QED) is 0.170. The third-order valence-electron chi connectivity index (χ3n) is 12.2. The molecule has 2 aromatic heterocycles. The van der Waals surface area contributed by atoms with Crippen LogP contribution in [0.15, 0.2) is 42.4 Å². The van der Waals surface area contributed by atoms with Crippen molar-refractivity contribution in [3.63, 3.8) is 0 Å². The van der Waals surface area contributed by atoms with Crippen molar-refractivity contribution in [1.82, 2.24) is 14.5 Å². The average Bonchev–Trinajstić information content (AvgIpc) is 3.75. The normalized spacial score (nSPS) is 28.8. The zero-order valence-electron chi connectivity index (χ0n) is 29.5. The summed E-state index contributed by atoms with van der Waals surface area (Å²) >= 11 is 0. The monoisotopic (exact) mass is 621 g/mol. The smallest absolute Gasteiger partial charge is 0.213 e. The van der Waals surface area contributed by atoms with Crippen molar-refractivity contribution in [3.05, 3.63) is 69.7 Å². The largest absolute Gasteiger partial charge is 0.507 e. The van der Waals surface area contributed by atoms with Crippen LogP contribution in [0.4, 0.5) is 5.69 Å². The molecule has 3 aliphatic rings. The Morgan fingerprint density at radius 3 is 2.11 bits per heavy atom. The lowest BCUT2D eigenvalue weighted by Gasteiger charge is -2.35. The van der Waals surface area contributed by atoms with E-state index in [1.165, 1.54) is 22.2 Å². The standard InChI is InChI=1S/C40H52N4O2/c1-11-43-23(7)39(9,19-21(3)4)29-17-27(33-25(35(29)43)13-15-41-33)31-37(45)32(38(31)46)28-18-30-36(26-14-16-42-34(26)28)44(12-2)24(8)40(30,10)20-22(5)6/h13-18,21-24,37,45H,11-12,19-20H2,1-10H3,(H2,41,42,46)/p+1. The van der Waals surface area contributed by atoms with Crippen molar-refractivity contribution in [3.8, 4) is 0 Å². The topological polar surface area (TPSA) is 78.3 Å². The summed E-state index contributed by atoms with van der Waals surface area (Å²) < 4.78 is 2.54. The van der Waals surface area contributed by atoms with Crippen LogP contribution in [0.25, 0.3) is 33.0 Å². The van der Waals surface area contributed by atoms with Crippen LogP contribution in [0.3, 0.4) is 0 Å². The van der Waals surface area contributed by atoms with E-state index >= 15 is 0 Å². The second kappa shape index (κ2) is 10.5. The summed E-state index contributed by atoms with van der Waals surface area (Å²) in [5, 5.41) is 28.6. The van der Waals surface area contributed by atoms with Gasteiger partial charge in [-0.2, -0.15) is 0 Å². The number of aromatic nitrogens is 2. The molecule has 0 spiro atoms. The summed E-state index contributed by atoms with van der Waals surface area (Å²) in [6.07, 6.45) is 5.24. The molecule has 4 N–H and O–H groups in total. The van der Waals surface area contributed by atoms with Gasteiger partial charge in [0.2, 0.25) is 5.36 Å². The molecular weight excluding hydrogens is 568 g/mol. The summed E-state index contributed by atoms with van der Waals surface area (Å²) in [6.45, 7) is 25.1. The van der Waals surface area contributed by atoms with E-state index in [9.17, 15) is 10.2 Å². The molecule has 7 rings (SSSR count). The number of aliphatic hydroxyl groups excluding tert-OH is 2. The van der Waals surface area contributed by atoms with Gasteiger partial charge in [-0.05, 0) is 89.1 Å². The first-order valence-corrected chi connectivity index (χ1v) is 17.6. The average molecular weight is 622 g/mol. The minimum atomic E-state index is -0.899.